The summed E-state index contributed by atoms with van der Waals surface area (Å²) in [6.07, 6.45) is 3.50. The van der Waals surface area contributed by atoms with Crippen molar-refractivity contribution in [2.24, 2.45) is 0 Å². The molecule has 2 aromatic carbocycles. The Labute approximate surface area is 267 Å². The van der Waals surface area contributed by atoms with Gasteiger partial charge in [-0.25, -0.2) is 4.79 Å². The lowest BCUT2D eigenvalue weighted by atomic mass is 10.1. The van der Waals surface area contributed by atoms with Crippen molar-refractivity contribution in [3.63, 3.8) is 0 Å². The minimum absolute atomic E-state index is 0. The first-order valence-electron chi connectivity index (χ1n) is 14.6. The summed E-state index contributed by atoms with van der Waals surface area (Å²) in [4.78, 5) is 30.7. The van der Waals surface area contributed by atoms with Crippen LogP contribution in [0.4, 0.5) is 0 Å². The number of carbonyl (C=O) groups is 2. The van der Waals surface area contributed by atoms with E-state index >= 15 is 0 Å². The van der Waals surface area contributed by atoms with Gasteiger partial charge in [0.25, 0.3) is 0 Å². The molecule has 12 heteroatoms. The van der Waals surface area contributed by atoms with Crippen LogP contribution in [0.5, 0.6) is 23.0 Å². The molecule has 1 unspecified atom stereocenters. The first-order valence-corrected chi connectivity index (χ1v) is 14.6. The van der Waals surface area contributed by atoms with Crippen LogP contribution in [0, 0.1) is 0 Å². The lowest BCUT2D eigenvalue weighted by Gasteiger charge is -2.28. The average Bonchev–Trinajstić information content (AvgIpc) is 3.02. The van der Waals surface area contributed by atoms with E-state index in [2.05, 4.69) is 4.90 Å². The number of β-amino-alcohol motifs (C(OH)–C–C–N with tert-alkyl or cyclic N) is 1. The first kappa shape index (κ1) is 36.6. The molecule has 1 amide bonds. The highest BCUT2D eigenvalue weighted by atomic mass is 35.5. The third-order valence-corrected chi connectivity index (χ3v) is 8.03. The monoisotopic (exact) mass is 641 g/mol. The van der Waals surface area contributed by atoms with Crippen LogP contribution in [0.3, 0.4) is 0 Å². The molecular formula is C31H45Cl2N3O7. The molecule has 3 N–H and O–H groups in total. The van der Waals surface area contributed by atoms with Gasteiger partial charge in [-0.05, 0) is 38.1 Å². The number of benzene rings is 2. The van der Waals surface area contributed by atoms with E-state index in [1.807, 2.05) is 18.2 Å². The summed E-state index contributed by atoms with van der Waals surface area (Å²) in [5.74, 6) is 2.05. The Balaban J connectivity index is 0.00000323. The molecule has 10 nitrogen and oxygen atoms in total. The number of aliphatic hydroxyl groups is 1. The molecule has 0 aliphatic carbocycles. The minimum Gasteiger partial charge on any atom is -1.00 e. The van der Waals surface area contributed by atoms with Gasteiger partial charge in [-0.2, -0.15) is 0 Å². The smallest absolute Gasteiger partial charge is 0.344 e. The zero-order valence-electron chi connectivity index (χ0n) is 25.3. The van der Waals surface area contributed by atoms with Crippen molar-refractivity contribution in [2.75, 3.05) is 80.3 Å². The second-order valence-electron chi connectivity index (χ2n) is 10.9. The zero-order valence-corrected chi connectivity index (χ0v) is 26.8. The fourth-order valence-electron chi connectivity index (χ4n) is 5.68. The van der Waals surface area contributed by atoms with Crippen molar-refractivity contribution in [3.8, 4) is 23.0 Å². The van der Waals surface area contributed by atoms with Crippen LogP contribution in [0.25, 0.3) is 0 Å². The molecule has 0 bridgehead atoms. The maximum absolute atomic E-state index is 13.2. The predicted octanol–water partition coefficient (Wildman–Crippen LogP) is -5.86. The number of methoxy groups -OCH3 is 3. The van der Waals surface area contributed by atoms with Gasteiger partial charge in [0.1, 0.15) is 44.6 Å². The molecule has 4 rings (SSSR count). The van der Waals surface area contributed by atoms with Gasteiger partial charge in [0.15, 0.2) is 17.3 Å². The van der Waals surface area contributed by atoms with Gasteiger partial charge in [0, 0.05) is 24.2 Å². The normalized spacial score (nSPS) is 19.3. The van der Waals surface area contributed by atoms with Gasteiger partial charge in [-0.3, -0.25) is 9.69 Å². The van der Waals surface area contributed by atoms with Crippen molar-refractivity contribution in [2.45, 2.75) is 31.8 Å². The van der Waals surface area contributed by atoms with Crippen LogP contribution in [-0.4, -0.2) is 108 Å². The number of nitrogens with zero attached hydrogens (tertiary/aromatic N) is 1. The quantitative estimate of drug-likeness (QED) is 0.186. The van der Waals surface area contributed by atoms with Crippen LogP contribution in [0.1, 0.15) is 46.4 Å². The number of piperidine rings is 1. The molecule has 0 saturated carbocycles. The van der Waals surface area contributed by atoms with Gasteiger partial charge >= 0.3 is 5.91 Å². The second kappa shape index (κ2) is 18.3. The highest BCUT2D eigenvalue weighted by Crippen LogP contribution is 2.38. The molecule has 1 atom stereocenters. The number of hydrogen-bond donors (Lipinski definition) is 3. The summed E-state index contributed by atoms with van der Waals surface area (Å²) in [5, 5.41) is 10.4. The molecule has 2 saturated heterocycles. The molecule has 0 spiro atoms. The van der Waals surface area contributed by atoms with E-state index in [1.54, 1.807) is 18.2 Å². The number of carbonyl (C=O) groups excluding carboxylic acids is 2. The number of quaternary nitrogens is 2. The molecule has 240 valence electrons. The number of amides is 1. The third-order valence-electron chi connectivity index (χ3n) is 8.03. The average molecular weight is 643 g/mol. The van der Waals surface area contributed by atoms with Crippen LogP contribution in [-0.2, 0) is 0 Å². The lowest BCUT2D eigenvalue weighted by molar-refractivity contribution is -0.979. The van der Waals surface area contributed by atoms with Gasteiger partial charge in [-0.1, -0.05) is 18.6 Å². The summed E-state index contributed by atoms with van der Waals surface area (Å²) in [5.41, 5.74) is 1.14. The summed E-state index contributed by atoms with van der Waals surface area (Å²) >= 11 is 0. The molecular weight excluding hydrogens is 597 g/mol. The van der Waals surface area contributed by atoms with E-state index in [4.69, 9.17) is 18.9 Å². The molecule has 2 aliphatic heterocycles. The summed E-state index contributed by atoms with van der Waals surface area (Å²) in [7, 11) is 4.60. The standard InChI is InChI=1S/C31H43N3O7.2ClH/c1-38-28-19-24(20-29(39-2)30(28)40-3)31(37)34-16-14-32(15-17-34)13-10-27(36)23-8-7-9-26(18-23)41-22-25(35)21-33-11-5-4-6-12-33;;/h7-9,18-20,25,35H,4-6,10-17,21-22H2,1-3H3;2*1H. The fraction of sp³-hybridized carbons (Fsp3) is 0.548. The Morgan fingerprint density at radius 2 is 1.53 bits per heavy atom. The van der Waals surface area contributed by atoms with Crippen molar-refractivity contribution in [1.29, 1.82) is 0 Å². The maximum atomic E-state index is 13.2. The SMILES string of the molecule is COc1cc(C(=O)[NH+]2CC[NH+](CCC(=O)c3cccc(OCC(O)CN4CCCCC4)c3)CC2)cc(OC)c1OC.[Cl-].[Cl-]. The maximum Gasteiger partial charge on any atom is 0.344 e. The van der Waals surface area contributed by atoms with E-state index in [1.165, 1.54) is 45.5 Å². The summed E-state index contributed by atoms with van der Waals surface area (Å²) < 4.78 is 22.0. The summed E-state index contributed by atoms with van der Waals surface area (Å²) in [6, 6.07) is 10.6. The Bertz CT molecular complexity index is 1150. The zero-order chi connectivity index (χ0) is 29.2. The number of piperazine rings is 1. The second-order valence-corrected chi connectivity index (χ2v) is 10.9. The van der Waals surface area contributed by atoms with E-state index < -0.39 is 6.10 Å². The van der Waals surface area contributed by atoms with Crippen molar-refractivity contribution >= 4 is 11.7 Å². The van der Waals surface area contributed by atoms with Crippen LogP contribution in [0.15, 0.2) is 36.4 Å². The lowest BCUT2D eigenvalue weighted by Crippen LogP contribution is -3.29. The van der Waals surface area contributed by atoms with Gasteiger partial charge in [0.2, 0.25) is 5.75 Å². The number of halogens is 2. The number of rotatable bonds is 13. The van der Waals surface area contributed by atoms with Crippen molar-refractivity contribution in [1.82, 2.24) is 4.90 Å². The van der Waals surface area contributed by atoms with Crippen molar-refractivity contribution in [3.05, 3.63) is 47.5 Å². The van der Waals surface area contributed by atoms with Gasteiger partial charge in [0.05, 0.1) is 39.9 Å². The highest BCUT2D eigenvalue weighted by molar-refractivity contribution is 5.96. The number of hydrogen-bond acceptors (Lipinski definition) is 8. The van der Waals surface area contributed by atoms with Crippen LogP contribution >= 0.6 is 0 Å². The van der Waals surface area contributed by atoms with Crippen LogP contribution in [0.2, 0.25) is 0 Å². The number of nitrogens with one attached hydrogen (secondary N) is 2. The van der Waals surface area contributed by atoms with Gasteiger partial charge in [-0.15, -0.1) is 0 Å². The topological polar surface area (TPSA) is 103 Å². The Morgan fingerprint density at radius 3 is 2.14 bits per heavy atom. The van der Waals surface area contributed by atoms with E-state index in [0.29, 0.717) is 66.7 Å². The number of ether oxygens (including phenoxy) is 4. The number of Topliss-reactive ketones (excluding diaryl/α,β-unsaturated/α-hetero) is 1. The Kier molecular flexibility index (Phi) is 15.5. The first-order chi connectivity index (χ1) is 19.9. The highest BCUT2D eigenvalue weighted by Gasteiger charge is 2.31. The third kappa shape index (κ3) is 10.2. The van der Waals surface area contributed by atoms with E-state index in [9.17, 15) is 14.7 Å². The number of aliphatic hydroxyl groups excluding tert-OH is 1. The Hall–Kier alpha value is -2.60. The molecule has 43 heavy (non-hydrogen) atoms. The van der Waals surface area contributed by atoms with Gasteiger partial charge < -0.3 is 58.7 Å². The number of likely N-dealkylation sites (tertiary alicyclic amines) is 1. The molecule has 2 aromatic rings. The minimum atomic E-state index is -0.558. The fourth-order valence-corrected chi connectivity index (χ4v) is 5.68. The summed E-state index contributed by atoms with van der Waals surface area (Å²) in [6.45, 7) is 6.57. The molecule has 0 radical (unpaired) electrons. The largest absolute Gasteiger partial charge is 1.00 e. The molecule has 2 aliphatic rings. The Morgan fingerprint density at radius 1 is 0.884 bits per heavy atom. The van der Waals surface area contributed by atoms with E-state index in [-0.39, 0.29) is 43.1 Å². The van der Waals surface area contributed by atoms with Crippen LogP contribution < -0.4 is 53.6 Å². The number of ketones is 1. The van der Waals surface area contributed by atoms with Crippen molar-refractivity contribution < 1.29 is 68.3 Å². The molecule has 0 aromatic heterocycles. The molecule has 2 fully saturated rings. The predicted molar refractivity (Wildman–Crippen MR) is 154 cm³/mol. The molecule has 2 heterocycles. The van der Waals surface area contributed by atoms with E-state index in [0.717, 1.165) is 31.1 Å².